The molecule has 2 aromatic heterocycles. The van der Waals surface area contributed by atoms with Gasteiger partial charge in [0.2, 0.25) is 0 Å². The van der Waals surface area contributed by atoms with Gasteiger partial charge in [0.15, 0.2) is 0 Å². The van der Waals surface area contributed by atoms with Gasteiger partial charge in [-0.25, -0.2) is 4.52 Å². The van der Waals surface area contributed by atoms with Crippen LogP contribution in [0.2, 0.25) is 0 Å². The number of pyridine rings is 1. The summed E-state index contributed by atoms with van der Waals surface area (Å²) >= 11 is 0. The summed E-state index contributed by atoms with van der Waals surface area (Å²) in [5.41, 5.74) is 2.64. The fourth-order valence-electron chi connectivity index (χ4n) is 2.19. The van der Waals surface area contributed by atoms with Crippen LogP contribution in [-0.4, -0.2) is 22.7 Å². The lowest BCUT2D eigenvalue weighted by molar-refractivity contribution is 0.769. The third-order valence-electron chi connectivity index (χ3n) is 2.96. The number of nitrogens with one attached hydrogen (secondary N) is 1. The summed E-state index contributed by atoms with van der Waals surface area (Å²) in [4.78, 5) is 0. The van der Waals surface area contributed by atoms with E-state index < -0.39 is 0 Å². The molecular formula is C11H13N3. The van der Waals surface area contributed by atoms with Crippen LogP contribution >= 0.6 is 0 Å². The minimum atomic E-state index is 0.648. The van der Waals surface area contributed by atoms with E-state index in [0.29, 0.717) is 5.92 Å². The van der Waals surface area contributed by atoms with E-state index in [0.717, 1.165) is 13.1 Å². The Bertz CT molecular complexity index is 440. The van der Waals surface area contributed by atoms with Crippen molar-refractivity contribution in [2.75, 3.05) is 13.1 Å². The van der Waals surface area contributed by atoms with E-state index in [2.05, 4.69) is 22.5 Å². The molecule has 0 aliphatic carbocycles. The first kappa shape index (κ1) is 8.00. The molecule has 1 aliphatic heterocycles. The van der Waals surface area contributed by atoms with Crippen LogP contribution in [0.5, 0.6) is 0 Å². The van der Waals surface area contributed by atoms with Crippen molar-refractivity contribution in [3.05, 3.63) is 36.2 Å². The smallest absolute Gasteiger partial charge is 0.0696 e. The highest BCUT2D eigenvalue weighted by Crippen LogP contribution is 2.25. The van der Waals surface area contributed by atoms with Crippen molar-refractivity contribution in [2.45, 2.75) is 12.3 Å². The SMILES string of the molecule is c1ccn2ncc(C3CCNC3)c2c1. The third-order valence-corrected chi connectivity index (χ3v) is 2.96. The second kappa shape index (κ2) is 3.10. The highest BCUT2D eigenvalue weighted by Gasteiger charge is 2.19. The topological polar surface area (TPSA) is 29.3 Å². The lowest BCUT2D eigenvalue weighted by Crippen LogP contribution is -2.07. The van der Waals surface area contributed by atoms with Gasteiger partial charge in [0.1, 0.15) is 0 Å². The van der Waals surface area contributed by atoms with Gasteiger partial charge in [-0.05, 0) is 25.1 Å². The van der Waals surface area contributed by atoms with Crippen molar-refractivity contribution in [2.24, 2.45) is 0 Å². The Morgan fingerprint density at radius 2 is 2.43 bits per heavy atom. The van der Waals surface area contributed by atoms with E-state index in [9.17, 15) is 0 Å². The predicted octanol–water partition coefficient (Wildman–Crippen LogP) is 1.41. The zero-order chi connectivity index (χ0) is 9.38. The van der Waals surface area contributed by atoms with E-state index >= 15 is 0 Å². The van der Waals surface area contributed by atoms with Gasteiger partial charge in [-0.15, -0.1) is 0 Å². The van der Waals surface area contributed by atoms with Crippen molar-refractivity contribution in [3.63, 3.8) is 0 Å². The average Bonchev–Trinajstić information content (AvgIpc) is 2.85. The normalized spacial score (nSPS) is 21.9. The number of aromatic nitrogens is 2. The molecule has 1 unspecified atom stereocenters. The molecule has 0 bridgehead atoms. The Morgan fingerprint density at radius 1 is 1.43 bits per heavy atom. The predicted molar refractivity (Wildman–Crippen MR) is 55.4 cm³/mol. The maximum atomic E-state index is 4.35. The summed E-state index contributed by atoms with van der Waals surface area (Å²) in [5.74, 6) is 0.648. The number of fused-ring (bicyclic) bond motifs is 1. The van der Waals surface area contributed by atoms with Crippen LogP contribution in [0.15, 0.2) is 30.6 Å². The Balaban J connectivity index is 2.11. The van der Waals surface area contributed by atoms with Gasteiger partial charge >= 0.3 is 0 Å². The molecule has 1 N–H and O–H groups in total. The average molecular weight is 187 g/mol. The third kappa shape index (κ3) is 1.13. The molecule has 72 valence electrons. The Kier molecular flexibility index (Phi) is 1.77. The van der Waals surface area contributed by atoms with Crippen molar-refractivity contribution in [1.82, 2.24) is 14.9 Å². The molecule has 2 aromatic rings. The van der Waals surface area contributed by atoms with Crippen LogP contribution in [0, 0.1) is 0 Å². The highest BCUT2D eigenvalue weighted by atomic mass is 15.2. The second-order valence-corrected chi connectivity index (χ2v) is 3.82. The van der Waals surface area contributed by atoms with Crippen molar-refractivity contribution in [3.8, 4) is 0 Å². The lowest BCUT2D eigenvalue weighted by Gasteiger charge is -2.05. The van der Waals surface area contributed by atoms with E-state index in [-0.39, 0.29) is 0 Å². The molecule has 0 radical (unpaired) electrons. The first-order valence-electron chi connectivity index (χ1n) is 5.08. The van der Waals surface area contributed by atoms with Gasteiger partial charge in [0, 0.05) is 24.2 Å². The summed E-state index contributed by atoms with van der Waals surface area (Å²) in [6.07, 6.45) is 5.24. The minimum Gasteiger partial charge on any atom is -0.316 e. The molecule has 0 aromatic carbocycles. The molecule has 0 amide bonds. The number of nitrogens with zero attached hydrogens (tertiary/aromatic N) is 2. The fraction of sp³-hybridized carbons (Fsp3) is 0.364. The Hall–Kier alpha value is -1.35. The summed E-state index contributed by atoms with van der Waals surface area (Å²) in [6.45, 7) is 2.23. The van der Waals surface area contributed by atoms with E-state index in [1.54, 1.807) is 0 Å². The van der Waals surface area contributed by atoms with E-state index in [1.165, 1.54) is 17.5 Å². The maximum absolute atomic E-state index is 4.35. The van der Waals surface area contributed by atoms with Crippen LogP contribution in [-0.2, 0) is 0 Å². The van der Waals surface area contributed by atoms with Gasteiger partial charge < -0.3 is 5.32 Å². The monoisotopic (exact) mass is 187 g/mol. The second-order valence-electron chi connectivity index (χ2n) is 3.82. The van der Waals surface area contributed by atoms with Crippen molar-refractivity contribution >= 4 is 5.52 Å². The largest absolute Gasteiger partial charge is 0.316 e. The molecule has 3 rings (SSSR count). The van der Waals surface area contributed by atoms with Crippen LogP contribution in [0.4, 0.5) is 0 Å². The number of rotatable bonds is 1. The number of hydrogen-bond acceptors (Lipinski definition) is 2. The molecule has 0 spiro atoms. The van der Waals surface area contributed by atoms with Crippen molar-refractivity contribution in [1.29, 1.82) is 0 Å². The Labute approximate surface area is 82.7 Å². The lowest BCUT2D eigenvalue weighted by atomic mass is 10.0. The number of hydrogen-bond donors (Lipinski definition) is 1. The van der Waals surface area contributed by atoms with Crippen LogP contribution in [0.1, 0.15) is 17.9 Å². The summed E-state index contributed by atoms with van der Waals surface area (Å²) in [5, 5.41) is 7.74. The first-order valence-corrected chi connectivity index (χ1v) is 5.08. The molecule has 3 nitrogen and oxygen atoms in total. The molecule has 0 saturated carbocycles. The summed E-state index contributed by atoms with van der Waals surface area (Å²) in [7, 11) is 0. The zero-order valence-electron chi connectivity index (χ0n) is 7.98. The van der Waals surface area contributed by atoms with Crippen LogP contribution in [0.3, 0.4) is 0 Å². The minimum absolute atomic E-state index is 0.648. The Morgan fingerprint density at radius 3 is 3.29 bits per heavy atom. The van der Waals surface area contributed by atoms with Gasteiger partial charge in [-0.3, -0.25) is 0 Å². The zero-order valence-corrected chi connectivity index (χ0v) is 7.98. The maximum Gasteiger partial charge on any atom is 0.0696 e. The van der Waals surface area contributed by atoms with Crippen molar-refractivity contribution < 1.29 is 0 Å². The van der Waals surface area contributed by atoms with Crippen LogP contribution < -0.4 is 5.32 Å². The standard InChI is InChI=1S/C11H13N3/c1-2-6-14-11(3-1)10(8-13-14)9-4-5-12-7-9/h1-3,6,8-9,12H,4-5,7H2. The molecule has 1 fully saturated rings. The molecular weight excluding hydrogens is 174 g/mol. The first-order chi connectivity index (χ1) is 6.95. The fourth-order valence-corrected chi connectivity index (χ4v) is 2.19. The van der Waals surface area contributed by atoms with E-state index in [1.807, 2.05) is 23.0 Å². The molecule has 3 heteroatoms. The van der Waals surface area contributed by atoms with Gasteiger partial charge in [-0.2, -0.15) is 5.10 Å². The summed E-state index contributed by atoms with van der Waals surface area (Å²) in [6, 6.07) is 6.22. The van der Waals surface area contributed by atoms with Gasteiger partial charge in [0.05, 0.1) is 11.7 Å². The van der Waals surface area contributed by atoms with Crippen LogP contribution in [0.25, 0.3) is 5.52 Å². The highest BCUT2D eigenvalue weighted by molar-refractivity contribution is 5.55. The molecule has 3 heterocycles. The molecule has 1 atom stereocenters. The molecule has 1 saturated heterocycles. The van der Waals surface area contributed by atoms with Gasteiger partial charge in [0.25, 0.3) is 0 Å². The van der Waals surface area contributed by atoms with E-state index in [4.69, 9.17) is 0 Å². The van der Waals surface area contributed by atoms with Gasteiger partial charge in [-0.1, -0.05) is 6.07 Å². The summed E-state index contributed by atoms with van der Waals surface area (Å²) < 4.78 is 1.95. The quantitative estimate of drug-likeness (QED) is 0.731. The molecule has 14 heavy (non-hydrogen) atoms. The molecule has 1 aliphatic rings.